The molecule has 0 aromatic carbocycles. The van der Waals surface area contributed by atoms with Crippen LogP contribution in [0.1, 0.15) is 17.9 Å². The molecule has 0 aliphatic carbocycles. The number of hydrogen-bond acceptors (Lipinski definition) is 6. The molecule has 0 N–H and O–H groups in total. The van der Waals surface area contributed by atoms with Crippen LogP contribution in [0, 0.1) is 18.3 Å². The molecule has 0 radical (unpaired) electrons. The number of aryl methyl sites for hydroxylation is 1. The third-order valence-electron chi connectivity index (χ3n) is 4.44. The molecular weight excluding hydrogens is 276 g/mol. The van der Waals surface area contributed by atoms with Gasteiger partial charge in [-0.15, -0.1) is 0 Å². The predicted molar refractivity (Wildman–Crippen MR) is 82.6 cm³/mol. The van der Waals surface area contributed by atoms with Crippen LogP contribution in [0.3, 0.4) is 0 Å². The first-order valence-electron chi connectivity index (χ1n) is 7.43. The van der Waals surface area contributed by atoms with Crippen LogP contribution in [0.2, 0.25) is 0 Å². The highest BCUT2D eigenvalue weighted by molar-refractivity contribution is 5.55. The highest BCUT2D eigenvalue weighted by atomic mass is 15.4. The average Bonchev–Trinajstić information content (AvgIpc) is 2.55. The summed E-state index contributed by atoms with van der Waals surface area (Å²) in [4.78, 5) is 17.6. The van der Waals surface area contributed by atoms with Gasteiger partial charge in [-0.2, -0.15) is 5.26 Å². The number of pyridine rings is 1. The third-order valence-corrected chi connectivity index (χ3v) is 4.44. The first-order chi connectivity index (χ1) is 10.7. The zero-order valence-corrected chi connectivity index (χ0v) is 12.3. The Morgan fingerprint density at radius 1 is 1.18 bits per heavy atom. The summed E-state index contributed by atoms with van der Waals surface area (Å²) in [7, 11) is 0. The van der Waals surface area contributed by atoms with E-state index in [-0.39, 0.29) is 0 Å². The average molecular weight is 292 g/mol. The maximum Gasteiger partial charge on any atom is 0.140 e. The highest BCUT2D eigenvalue weighted by Gasteiger charge is 2.45. The lowest BCUT2D eigenvalue weighted by atomic mass is 9.87. The largest absolute Gasteiger partial charge is 0.361 e. The van der Waals surface area contributed by atoms with E-state index in [1.165, 1.54) is 6.42 Å². The van der Waals surface area contributed by atoms with E-state index in [0.717, 1.165) is 30.4 Å². The molecule has 2 unspecified atom stereocenters. The fourth-order valence-electron chi connectivity index (χ4n) is 3.44. The highest BCUT2D eigenvalue weighted by Crippen LogP contribution is 2.37. The Labute approximate surface area is 129 Å². The zero-order chi connectivity index (χ0) is 15.1. The molecular formula is C16H16N6. The lowest BCUT2D eigenvalue weighted by Gasteiger charge is -2.57. The summed E-state index contributed by atoms with van der Waals surface area (Å²) >= 11 is 0. The van der Waals surface area contributed by atoms with Crippen molar-refractivity contribution in [3.05, 3.63) is 42.1 Å². The number of piperidine rings is 1. The van der Waals surface area contributed by atoms with E-state index < -0.39 is 0 Å². The summed E-state index contributed by atoms with van der Waals surface area (Å²) in [5.41, 5.74) is 1.58. The van der Waals surface area contributed by atoms with Crippen LogP contribution < -0.4 is 9.80 Å². The maximum absolute atomic E-state index is 8.84. The van der Waals surface area contributed by atoms with E-state index in [9.17, 15) is 0 Å². The lowest BCUT2D eigenvalue weighted by molar-refractivity contribution is 0.290. The van der Waals surface area contributed by atoms with Crippen LogP contribution in [0.5, 0.6) is 0 Å². The molecule has 3 fully saturated rings. The number of piperazine rings is 1. The topological polar surface area (TPSA) is 68.9 Å². The van der Waals surface area contributed by atoms with E-state index in [2.05, 4.69) is 30.8 Å². The second kappa shape index (κ2) is 4.95. The van der Waals surface area contributed by atoms with Crippen molar-refractivity contribution in [3.63, 3.8) is 0 Å². The molecule has 5 heterocycles. The third kappa shape index (κ3) is 2.06. The number of rotatable bonds is 2. The number of nitrogens with zero attached hydrogens (tertiary/aromatic N) is 6. The minimum Gasteiger partial charge on any atom is -0.361 e. The molecule has 0 spiro atoms. The molecule has 2 aromatic heterocycles. The van der Waals surface area contributed by atoms with E-state index in [4.69, 9.17) is 5.26 Å². The van der Waals surface area contributed by atoms with Crippen molar-refractivity contribution < 1.29 is 0 Å². The maximum atomic E-state index is 8.84. The van der Waals surface area contributed by atoms with Crippen molar-refractivity contribution in [1.29, 1.82) is 5.26 Å². The molecule has 110 valence electrons. The lowest BCUT2D eigenvalue weighted by Crippen LogP contribution is -2.69. The van der Waals surface area contributed by atoms with Gasteiger partial charge in [0.2, 0.25) is 0 Å². The summed E-state index contributed by atoms with van der Waals surface area (Å²) in [6.45, 7) is 3.85. The predicted octanol–water partition coefficient (Wildman–Crippen LogP) is 1.52. The second-order valence-corrected chi connectivity index (χ2v) is 5.83. The summed E-state index contributed by atoms with van der Waals surface area (Å²) in [6.07, 6.45) is 4.84. The van der Waals surface area contributed by atoms with Crippen molar-refractivity contribution in [2.45, 2.75) is 25.4 Å². The molecule has 0 amide bonds. The van der Waals surface area contributed by atoms with Gasteiger partial charge in [0, 0.05) is 31.4 Å². The van der Waals surface area contributed by atoms with Crippen LogP contribution in [0.25, 0.3) is 0 Å². The van der Waals surface area contributed by atoms with Crippen molar-refractivity contribution in [3.8, 4) is 6.07 Å². The molecule has 6 nitrogen and oxygen atoms in total. The van der Waals surface area contributed by atoms with Gasteiger partial charge in [0.1, 0.15) is 23.4 Å². The van der Waals surface area contributed by atoms with E-state index in [0.29, 0.717) is 17.8 Å². The van der Waals surface area contributed by atoms with Crippen molar-refractivity contribution >= 4 is 11.5 Å². The first-order valence-corrected chi connectivity index (χ1v) is 7.43. The van der Waals surface area contributed by atoms with Gasteiger partial charge in [0.25, 0.3) is 0 Å². The van der Waals surface area contributed by atoms with Crippen molar-refractivity contribution in [2.75, 3.05) is 22.9 Å². The summed E-state index contributed by atoms with van der Waals surface area (Å²) in [5.74, 6) is 1.82. The van der Waals surface area contributed by atoms with Crippen LogP contribution in [0.15, 0.2) is 30.6 Å². The van der Waals surface area contributed by atoms with Crippen molar-refractivity contribution in [1.82, 2.24) is 15.0 Å². The Kier molecular flexibility index (Phi) is 2.93. The number of anilines is 2. The van der Waals surface area contributed by atoms with Gasteiger partial charge >= 0.3 is 0 Å². The standard InChI is InChI=1S/C16H16N6/c1-11-18-5-4-16(20-11)21-9-14-6-15(10-21)22(14)13-3-2-12(7-17)19-8-13/h2-5,8,14-15H,6,9-10H2,1H3. The van der Waals surface area contributed by atoms with E-state index >= 15 is 0 Å². The minimum atomic E-state index is 0.465. The Morgan fingerprint density at radius 3 is 2.64 bits per heavy atom. The van der Waals surface area contributed by atoms with Crippen LogP contribution >= 0.6 is 0 Å². The van der Waals surface area contributed by atoms with E-state index in [1.54, 1.807) is 6.07 Å². The Balaban J connectivity index is 1.51. The summed E-state index contributed by atoms with van der Waals surface area (Å²) in [6, 6.07) is 8.80. The van der Waals surface area contributed by atoms with Gasteiger partial charge in [0.15, 0.2) is 0 Å². The summed E-state index contributed by atoms with van der Waals surface area (Å²) < 4.78 is 0. The van der Waals surface area contributed by atoms with Gasteiger partial charge in [-0.3, -0.25) is 0 Å². The molecule has 22 heavy (non-hydrogen) atoms. The van der Waals surface area contributed by atoms with Crippen LogP contribution in [-0.4, -0.2) is 40.1 Å². The number of fused-ring (bicyclic) bond motifs is 2. The first kappa shape index (κ1) is 13.0. The number of aromatic nitrogens is 3. The molecule has 2 bridgehead atoms. The van der Waals surface area contributed by atoms with Gasteiger partial charge in [0.05, 0.1) is 11.9 Å². The Hall–Kier alpha value is -2.68. The van der Waals surface area contributed by atoms with Crippen molar-refractivity contribution in [2.24, 2.45) is 0 Å². The molecule has 3 saturated heterocycles. The van der Waals surface area contributed by atoms with Gasteiger partial charge < -0.3 is 9.80 Å². The van der Waals surface area contributed by atoms with Gasteiger partial charge in [-0.05, 0) is 31.5 Å². The smallest absolute Gasteiger partial charge is 0.140 e. The molecule has 2 aromatic rings. The Bertz CT molecular complexity index is 723. The minimum absolute atomic E-state index is 0.465. The van der Waals surface area contributed by atoms with Gasteiger partial charge in [-0.25, -0.2) is 15.0 Å². The van der Waals surface area contributed by atoms with E-state index in [1.807, 2.05) is 31.5 Å². The number of nitriles is 1. The molecule has 3 aliphatic heterocycles. The quantitative estimate of drug-likeness (QED) is 0.836. The molecule has 2 atom stereocenters. The van der Waals surface area contributed by atoms with Gasteiger partial charge in [-0.1, -0.05) is 0 Å². The fraction of sp³-hybridized carbons (Fsp3) is 0.375. The normalized spacial score (nSPS) is 22.9. The molecule has 5 rings (SSSR count). The second-order valence-electron chi connectivity index (χ2n) is 5.83. The van der Waals surface area contributed by atoms with Crippen LogP contribution in [0.4, 0.5) is 11.5 Å². The molecule has 3 aliphatic rings. The van der Waals surface area contributed by atoms with Crippen LogP contribution in [-0.2, 0) is 0 Å². The number of hydrogen-bond donors (Lipinski definition) is 0. The summed E-state index contributed by atoms with van der Waals surface area (Å²) in [5, 5.41) is 8.84. The SMILES string of the molecule is Cc1nccc(N2CC3CC(C2)N3c2ccc(C#N)nc2)n1. The fourth-order valence-corrected chi connectivity index (χ4v) is 3.44. The molecule has 6 heteroatoms. The monoisotopic (exact) mass is 292 g/mol. The molecule has 0 saturated carbocycles. The zero-order valence-electron chi connectivity index (χ0n) is 12.3. The Morgan fingerprint density at radius 2 is 2.00 bits per heavy atom.